The van der Waals surface area contributed by atoms with Crippen LogP contribution in [0.25, 0.3) is 11.2 Å². The van der Waals surface area contributed by atoms with Crippen LogP contribution in [0.2, 0.25) is 0 Å². The van der Waals surface area contributed by atoms with Crippen LogP contribution in [0.5, 0.6) is 0 Å². The normalized spacial score (nSPS) is 25.8. The molecule has 2 aromatic rings. The van der Waals surface area contributed by atoms with Crippen LogP contribution >= 0.6 is 7.82 Å². The molecule has 1 aliphatic heterocycles. The van der Waals surface area contributed by atoms with Crippen LogP contribution in [0.3, 0.4) is 0 Å². The van der Waals surface area contributed by atoms with E-state index in [4.69, 9.17) is 20.3 Å². The second kappa shape index (κ2) is 6.11. The van der Waals surface area contributed by atoms with Gasteiger partial charge in [0.2, 0.25) is 0 Å². The smallest absolute Gasteiger partial charge is 0.390 e. The minimum absolute atomic E-state index is 0.210. The number of anilines is 1. The molecule has 2 aromatic heterocycles. The Morgan fingerprint density at radius 2 is 2.22 bits per heavy atom. The van der Waals surface area contributed by atoms with Gasteiger partial charge < -0.3 is 29.9 Å². The number of phosphoric ester groups is 1. The summed E-state index contributed by atoms with van der Waals surface area (Å²) < 4.78 is 22.3. The van der Waals surface area contributed by atoms with Crippen LogP contribution in [0.1, 0.15) is 12.5 Å². The van der Waals surface area contributed by atoms with Crippen molar-refractivity contribution in [2.24, 2.45) is 0 Å². The summed E-state index contributed by atoms with van der Waals surface area (Å²) >= 11 is 0. The van der Waals surface area contributed by atoms with Gasteiger partial charge in [0.1, 0.15) is 17.9 Å². The van der Waals surface area contributed by atoms with Crippen molar-refractivity contribution in [1.82, 2.24) is 19.5 Å². The number of nitrogens with zero attached hydrogens (tertiary/aromatic N) is 4. The first-order valence-corrected chi connectivity index (χ1v) is 8.31. The van der Waals surface area contributed by atoms with E-state index in [1.165, 1.54) is 6.33 Å². The van der Waals surface area contributed by atoms with E-state index in [1.807, 2.05) is 0 Å². The molecule has 23 heavy (non-hydrogen) atoms. The van der Waals surface area contributed by atoms with Crippen molar-refractivity contribution in [2.75, 3.05) is 18.9 Å². The van der Waals surface area contributed by atoms with Gasteiger partial charge in [0.05, 0.1) is 31.7 Å². The van der Waals surface area contributed by atoms with Crippen LogP contribution in [-0.2, 0) is 13.8 Å². The summed E-state index contributed by atoms with van der Waals surface area (Å²) in [7, 11) is -4.60. The van der Waals surface area contributed by atoms with Crippen LogP contribution in [-0.4, -0.2) is 59.8 Å². The molecule has 0 aromatic carbocycles. The van der Waals surface area contributed by atoms with Crippen LogP contribution < -0.4 is 5.73 Å². The number of aliphatic hydroxyl groups excluding tert-OH is 1. The van der Waals surface area contributed by atoms with E-state index in [0.29, 0.717) is 17.6 Å². The molecule has 3 heterocycles. The molecule has 0 spiro atoms. The van der Waals surface area contributed by atoms with Gasteiger partial charge in [0.15, 0.2) is 11.5 Å². The van der Waals surface area contributed by atoms with Gasteiger partial charge in [-0.15, -0.1) is 0 Å². The number of hydrogen-bond acceptors (Lipinski definition) is 8. The molecule has 1 aliphatic rings. The highest BCUT2D eigenvalue weighted by Gasteiger charge is 2.33. The van der Waals surface area contributed by atoms with Gasteiger partial charge in [0, 0.05) is 0 Å². The number of ether oxygens (including phenoxy) is 1. The predicted molar refractivity (Wildman–Crippen MR) is 77.1 cm³/mol. The number of imidazole rings is 1. The molecule has 0 bridgehead atoms. The third kappa shape index (κ3) is 3.50. The Balaban J connectivity index is 1.72. The van der Waals surface area contributed by atoms with Crippen molar-refractivity contribution in [2.45, 2.75) is 24.7 Å². The highest BCUT2D eigenvalue weighted by molar-refractivity contribution is 7.46. The van der Waals surface area contributed by atoms with Gasteiger partial charge in [-0.05, 0) is 6.42 Å². The molecule has 126 valence electrons. The number of nitrogen functional groups attached to an aromatic ring is 1. The van der Waals surface area contributed by atoms with Crippen molar-refractivity contribution in [3.63, 3.8) is 0 Å². The first-order chi connectivity index (χ1) is 10.8. The summed E-state index contributed by atoms with van der Waals surface area (Å²) in [5, 5.41) is 10.1. The summed E-state index contributed by atoms with van der Waals surface area (Å²) in [6.07, 6.45) is 1.41. The lowest BCUT2D eigenvalue weighted by atomic mass is 10.0. The lowest BCUT2D eigenvalue weighted by molar-refractivity contribution is -0.110. The minimum Gasteiger partial charge on any atom is -0.390 e. The molecule has 0 amide bonds. The Morgan fingerprint density at radius 3 is 2.91 bits per heavy atom. The topological polar surface area (TPSA) is 166 Å². The van der Waals surface area contributed by atoms with E-state index in [0.717, 1.165) is 0 Å². The predicted octanol–water partition coefficient (Wildman–Crippen LogP) is -0.791. The maximum atomic E-state index is 10.7. The molecule has 0 saturated carbocycles. The van der Waals surface area contributed by atoms with Gasteiger partial charge in [0.25, 0.3) is 0 Å². The number of nitrogens with two attached hydrogens (primary N) is 1. The van der Waals surface area contributed by atoms with E-state index < -0.39 is 26.6 Å². The summed E-state index contributed by atoms with van der Waals surface area (Å²) in [5.74, 6) is 0.263. The average molecular weight is 345 g/mol. The van der Waals surface area contributed by atoms with Gasteiger partial charge in [-0.2, -0.15) is 0 Å². The zero-order valence-electron chi connectivity index (χ0n) is 11.9. The summed E-state index contributed by atoms with van der Waals surface area (Å²) in [4.78, 5) is 29.5. The molecule has 3 atom stereocenters. The zero-order valence-corrected chi connectivity index (χ0v) is 12.8. The molecule has 0 aliphatic carbocycles. The SMILES string of the molecule is Nc1ncnc2c1ncn2C1COC(COP(=O)(O)O)C(O)C1. The molecule has 3 unspecified atom stereocenters. The molecule has 3 rings (SSSR count). The molecule has 5 N–H and O–H groups in total. The van der Waals surface area contributed by atoms with Crippen LogP contribution in [0, 0.1) is 0 Å². The Bertz CT molecular complexity index is 748. The van der Waals surface area contributed by atoms with Gasteiger partial charge in [-0.25, -0.2) is 19.5 Å². The minimum atomic E-state index is -4.60. The Labute approximate surface area is 130 Å². The fraction of sp³-hybridized carbons (Fsp3) is 0.545. The third-order valence-electron chi connectivity index (χ3n) is 3.63. The van der Waals surface area contributed by atoms with Crippen molar-refractivity contribution < 1.29 is 28.7 Å². The fourth-order valence-electron chi connectivity index (χ4n) is 2.51. The molecule has 11 nitrogen and oxygen atoms in total. The lowest BCUT2D eigenvalue weighted by Gasteiger charge is -2.33. The van der Waals surface area contributed by atoms with E-state index in [-0.39, 0.29) is 18.5 Å². The molecular formula is C11H16N5O6P. The quantitative estimate of drug-likeness (QED) is 0.516. The number of phosphoric acid groups is 1. The summed E-state index contributed by atoms with van der Waals surface area (Å²) in [6.45, 7) is -0.181. The maximum Gasteiger partial charge on any atom is 0.469 e. The van der Waals surface area contributed by atoms with Gasteiger partial charge >= 0.3 is 7.82 Å². The molecule has 1 saturated heterocycles. The molecule has 0 radical (unpaired) electrons. The Hall–Kier alpha value is -1.62. The average Bonchev–Trinajstić information content (AvgIpc) is 2.90. The second-order valence-corrected chi connectivity index (χ2v) is 6.44. The number of rotatable bonds is 4. The van der Waals surface area contributed by atoms with E-state index in [9.17, 15) is 9.67 Å². The number of fused-ring (bicyclic) bond motifs is 1. The van der Waals surface area contributed by atoms with Crippen molar-refractivity contribution >= 4 is 24.8 Å². The summed E-state index contributed by atoms with van der Waals surface area (Å²) in [5.41, 5.74) is 6.73. The van der Waals surface area contributed by atoms with Gasteiger partial charge in [-0.3, -0.25) is 4.52 Å². The maximum absolute atomic E-state index is 10.7. The largest absolute Gasteiger partial charge is 0.469 e. The van der Waals surface area contributed by atoms with Crippen LogP contribution in [0.4, 0.5) is 5.82 Å². The lowest BCUT2D eigenvalue weighted by Crippen LogP contribution is -2.41. The number of aliphatic hydroxyl groups is 1. The Kier molecular flexibility index (Phi) is 4.32. The fourth-order valence-corrected chi connectivity index (χ4v) is 2.85. The van der Waals surface area contributed by atoms with E-state index in [2.05, 4.69) is 19.5 Å². The number of hydrogen-bond donors (Lipinski definition) is 4. The molecule has 1 fully saturated rings. The standard InChI is InChI=1S/C11H16N5O6P/c12-10-9-11(14-4-13-10)16(5-15-9)6-1-7(17)8(21-2-6)3-22-23(18,19)20/h4-8,17H,1-3H2,(H2,12,13,14)(H2,18,19,20). The summed E-state index contributed by atoms with van der Waals surface area (Å²) in [6, 6.07) is -0.240. The second-order valence-electron chi connectivity index (χ2n) is 5.20. The highest BCUT2D eigenvalue weighted by atomic mass is 31.2. The molecular weight excluding hydrogens is 329 g/mol. The van der Waals surface area contributed by atoms with Crippen molar-refractivity contribution in [3.8, 4) is 0 Å². The van der Waals surface area contributed by atoms with E-state index >= 15 is 0 Å². The zero-order chi connectivity index (χ0) is 16.6. The first-order valence-electron chi connectivity index (χ1n) is 6.78. The third-order valence-corrected chi connectivity index (χ3v) is 4.12. The molecule has 12 heteroatoms. The van der Waals surface area contributed by atoms with Crippen molar-refractivity contribution in [3.05, 3.63) is 12.7 Å². The highest BCUT2D eigenvalue weighted by Crippen LogP contribution is 2.37. The van der Waals surface area contributed by atoms with Crippen LogP contribution in [0.15, 0.2) is 12.7 Å². The van der Waals surface area contributed by atoms with E-state index in [1.54, 1.807) is 10.9 Å². The Morgan fingerprint density at radius 1 is 1.43 bits per heavy atom. The van der Waals surface area contributed by atoms with Gasteiger partial charge in [-0.1, -0.05) is 0 Å². The first kappa shape index (κ1) is 16.2. The number of aromatic nitrogens is 4. The van der Waals surface area contributed by atoms with Crippen molar-refractivity contribution in [1.29, 1.82) is 0 Å². The monoisotopic (exact) mass is 345 g/mol.